The van der Waals surface area contributed by atoms with Crippen molar-refractivity contribution in [2.45, 2.75) is 18.4 Å². The number of carbonyl (C=O) groups excluding carboxylic acids is 2. The number of benzene rings is 2. The molecule has 5 rings (SSSR count). The smallest absolute Gasteiger partial charge is 0.269 e. The Labute approximate surface area is 199 Å². The monoisotopic (exact) mass is 476 g/mol. The van der Waals surface area contributed by atoms with Crippen LogP contribution in [0.4, 0.5) is 17.1 Å². The lowest BCUT2D eigenvalue weighted by atomic mass is 10.3. The minimum atomic E-state index is -0.133. The molecule has 9 heteroatoms. The van der Waals surface area contributed by atoms with Crippen molar-refractivity contribution in [3.8, 4) is 0 Å². The highest BCUT2D eigenvalue weighted by Crippen LogP contribution is 2.50. The fourth-order valence-electron chi connectivity index (χ4n) is 3.55. The Bertz CT molecular complexity index is 1280. The van der Waals surface area contributed by atoms with Crippen molar-refractivity contribution in [3.63, 3.8) is 0 Å². The number of hydrogen-bond acceptors (Lipinski definition) is 7. The number of thioether (sulfide) groups is 2. The molecular formula is C24H20N4O3S2. The number of amides is 2. The summed E-state index contributed by atoms with van der Waals surface area (Å²) < 4.78 is 5.50. The Kier molecular flexibility index (Phi) is 5.74. The number of carbonyl (C=O) groups is 2. The van der Waals surface area contributed by atoms with E-state index in [9.17, 15) is 9.59 Å². The molecule has 7 nitrogen and oxygen atoms in total. The van der Waals surface area contributed by atoms with Gasteiger partial charge in [0.2, 0.25) is 5.91 Å². The van der Waals surface area contributed by atoms with E-state index in [2.05, 4.69) is 16.3 Å². The number of amidine groups is 1. The molecule has 2 aromatic carbocycles. The topological polar surface area (TPSA) is 78.2 Å². The zero-order chi connectivity index (χ0) is 22.9. The summed E-state index contributed by atoms with van der Waals surface area (Å²) in [6.45, 7) is 1.76. The second-order valence-electron chi connectivity index (χ2n) is 7.46. The van der Waals surface area contributed by atoms with E-state index in [1.165, 1.54) is 18.7 Å². The maximum Gasteiger partial charge on any atom is 0.269 e. The molecule has 0 atom stereocenters. The van der Waals surface area contributed by atoms with Gasteiger partial charge >= 0.3 is 0 Å². The fourth-order valence-corrected chi connectivity index (χ4v) is 5.89. The molecule has 1 saturated heterocycles. The maximum absolute atomic E-state index is 13.5. The SMILES string of the molecule is CC(=O)Nc1ccc(/N=C2\S/C(=C3\Sc4ccccc4N3C)C(=O)N2Cc2ccco2)cc1. The molecule has 0 spiro atoms. The van der Waals surface area contributed by atoms with Crippen LogP contribution in [0, 0.1) is 0 Å². The van der Waals surface area contributed by atoms with Gasteiger partial charge in [-0.05, 0) is 60.3 Å². The molecule has 33 heavy (non-hydrogen) atoms. The lowest BCUT2D eigenvalue weighted by Crippen LogP contribution is -2.29. The van der Waals surface area contributed by atoms with Gasteiger partial charge in [-0.15, -0.1) is 0 Å². The van der Waals surface area contributed by atoms with Crippen molar-refractivity contribution < 1.29 is 14.0 Å². The van der Waals surface area contributed by atoms with E-state index >= 15 is 0 Å². The normalized spacial score (nSPS) is 18.8. The molecule has 0 unspecified atom stereocenters. The predicted molar refractivity (Wildman–Crippen MR) is 132 cm³/mol. The quantitative estimate of drug-likeness (QED) is 0.507. The molecule has 3 aromatic rings. The maximum atomic E-state index is 13.5. The molecule has 0 radical (unpaired) electrons. The zero-order valence-corrected chi connectivity index (χ0v) is 19.6. The minimum Gasteiger partial charge on any atom is -0.467 e. The number of nitrogens with zero attached hydrogens (tertiary/aromatic N) is 3. The lowest BCUT2D eigenvalue weighted by Gasteiger charge is -2.15. The zero-order valence-electron chi connectivity index (χ0n) is 17.9. The first-order chi connectivity index (χ1) is 16.0. The highest BCUT2D eigenvalue weighted by atomic mass is 32.2. The van der Waals surface area contributed by atoms with Crippen LogP contribution in [0.1, 0.15) is 12.7 Å². The molecule has 0 aliphatic carbocycles. The van der Waals surface area contributed by atoms with E-state index in [1.54, 1.807) is 41.1 Å². The van der Waals surface area contributed by atoms with Crippen molar-refractivity contribution in [1.82, 2.24) is 4.90 Å². The fraction of sp³-hybridized carbons (Fsp3) is 0.125. The standard InChI is InChI=1S/C24H20N4O3S2/c1-15(29)25-16-9-11-17(12-10-16)26-24-28(14-18-6-5-13-31-18)22(30)21(33-24)23-27(2)19-7-3-4-8-20(19)32-23/h3-13H,14H2,1-2H3,(H,25,29)/b23-21-,26-24-. The first-order valence-corrected chi connectivity index (χ1v) is 11.9. The molecule has 166 valence electrons. The summed E-state index contributed by atoms with van der Waals surface area (Å²) >= 11 is 2.95. The van der Waals surface area contributed by atoms with Crippen molar-refractivity contribution in [1.29, 1.82) is 0 Å². The lowest BCUT2D eigenvalue weighted by molar-refractivity contribution is -0.122. The summed E-state index contributed by atoms with van der Waals surface area (Å²) in [4.78, 5) is 35.0. The van der Waals surface area contributed by atoms with Gasteiger partial charge < -0.3 is 14.6 Å². The van der Waals surface area contributed by atoms with E-state index in [4.69, 9.17) is 9.41 Å². The molecule has 2 aliphatic rings. The number of para-hydroxylation sites is 1. The van der Waals surface area contributed by atoms with Crippen LogP contribution in [0.5, 0.6) is 0 Å². The molecule has 3 heterocycles. The first-order valence-electron chi connectivity index (χ1n) is 10.2. The van der Waals surface area contributed by atoms with Gasteiger partial charge in [-0.1, -0.05) is 23.9 Å². The highest BCUT2D eigenvalue weighted by molar-refractivity contribution is 8.19. The van der Waals surface area contributed by atoms with Crippen LogP contribution in [0.2, 0.25) is 0 Å². The van der Waals surface area contributed by atoms with Crippen molar-refractivity contribution >= 4 is 57.6 Å². The van der Waals surface area contributed by atoms with E-state index < -0.39 is 0 Å². The minimum absolute atomic E-state index is 0.104. The average Bonchev–Trinajstić information content (AvgIpc) is 3.50. The van der Waals surface area contributed by atoms with Gasteiger partial charge in [0.05, 0.1) is 29.2 Å². The second kappa shape index (κ2) is 8.84. The van der Waals surface area contributed by atoms with E-state index in [1.807, 2.05) is 43.4 Å². The molecule has 1 N–H and O–H groups in total. The Morgan fingerprint density at radius 3 is 2.55 bits per heavy atom. The molecular weight excluding hydrogens is 456 g/mol. The van der Waals surface area contributed by atoms with Gasteiger partial charge in [0.1, 0.15) is 10.7 Å². The summed E-state index contributed by atoms with van der Waals surface area (Å²) in [6, 6.07) is 18.9. The summed E-state index contributed by atoms with van der Waals surface area (Å²) in [5.74, 6) is 0.442. The van der Waals surface area contributed by atoms with Crippen molar-refractivity contribution in [2.24, 2.45) is 4.99 Å². The molecule has 2 amide bonds. The number of aliphatic imine (C=N–C) groups is 1. The first kappa shape index (κ1) is 21.4. The molecule has 0 saturated carbocycles. The van der Waals surface area contributed by atoms with Gasteiger partial charge in [0, 0.05) is 24.6 Å². The highest BCUT2D eigenvalue weighted by Gasteiger charge is 2.39. The third-order valence-corrected chi connectivity index (χ3v) is 7.53. The van der Waals surface area contributed by atoms with Gasteiger partial charge in [-0.2, -0.15) is 0 Å². The molecule has 1 fully saturated rings. The van der Waals surface area contributed by atoms with Crippen LogP contribution in [0.25, 0.3) is 0 Å². The average molecular weight is 477 g/mol. The predicted octanol–water partition coefficient (Wildman–Crippen LogP) is 5.41. The molecule has 1 aromatic heterocycles. The Morgan fingerprint density at radius 2 is 1.85 bits per heavy atom. The van der Waals surface area contributed by atoms with Gasteiger partial charge in [-0.3, -0.25) is 14.5 Å². The number of fused-ring (bicyclic) bond motifs is 1. The third kappa shape index (κ3) is 4.29. The van der Waals surface area contributed by atoms with E-state index in [0.717, 1.165) is 15.6 Å². The summed E-state index contributed by atoms with van der Waals surface area (Å²) in [7, 11) is 1.97. The number of nitrogens with one attached hydrogen (secondary N) is 1. The van der Waals surface area contributed by atoms with Crippen LogP contribution >= 0.6 is 23.5 Å². The third-order valence-electron chi connectivity index (χ3n) is 5.10. The van der Waals surface area contributed by atoms with Gasteiger partial charge in [0.15, 0.2) is 5.17 Å². The largest absolute Gasteiger partial charge is 0.467 e. The summed E-state index contributed by atoms with van der Waals surface area (Å²) in [5, 5.41) is 4.21. The number of anilines is 2. The van der Waals surface area contributed by atoms with Crippen LogP contribution in [0.15, 0.2) is 91.2 Å². The van der Waals surface area contributed by atoms with E-state index in [-0.39, 0.29) is 11.8 Å². The van der Waals surface area contributed by atoms with Gasteiger partial charge in [-0.25, -0.2) is 4.99 Å². The number of furan rings is 1. The van der Waals surface area contributed by atoms with Crippen molar-refractivity contribution in [2.75, 3.05) is 17.3 Å². The molecule has 0 bridgehead atoms. The van der Waals surface area contributed by atoms with Crippen LogP contribution in [0.3, 0.4) is 0 Å². The summed E-state index contributed by atoms with van der Waals surface area (Å²) in [6.07, 6.45) is 1.59. The molecule has 2 aliphatic heterocycles. The van der Waals surface area contributed by atoms with E-state index in [0.29, 0.717) is 33.8 Å². The van der Waals surface area contributed by atoms with Crippen LogP contribution < -0.4 is 10.2 Å². The Morgan fingerprint density at radius 1 is 1.06 bits per heavy atom. The van der Waals surface area contributed by atoms with Gasteiger partial charge in [0.25, 0.3) is 5.91 Å². The van der Waals surface area contributed by atoms with Crippen LogP contribution in [-0.4, -0.2) is 28.9 Å². The Balaban J connectivity index is 1.50. The number of rotatable bonds is 4. The van der Waals surface area contributed by atoms with Crippen LogP contribution in [-0.2, 0) is 16.1 Å². The second-order valence-corrected chi connectivity index (χ2v) is 9.47. The Hall–Kier alpha value is -3.43. The number of hydrogen-bond donors (Lipinski definition) is 1. The summed E-state index contributed by atoms with van der Waals surface area (Å²) in [5.41, 5.74) is 2.46. The van der Waals surface area contributed by atoms with Crippen molar-refractivity contribution in [3.05, 3.63) is 82.6 Å².